The Bertz CT molecular complexity index is 1370. The monoisotopic (exact) mass is 480 g/mol. The molecule has 0 saturated carbocycles. The fourth-order valence-corrected chi connectivity index (χ4v) is 4.21. The van der Waals surface area contributed by atoms with E-state index in [1.807, 2.05) is 0 Å². The van der Waals surface area contributed by atoms with Crippen molar-refractivity contribution >= 4 is 45.4 Å². The Morgan fingerprint density at radius 1 is 0.879 bits per heavy atom. The molecule has 0 aliphatic carbocycles. The maximum Gasteiger partial charge on any atom is 0.282 e. The van der Waals surface area contributed by atoms with Gasteiger partial charge < -0.3 is 0 Å². The molecule has 1 N–H and O–H groups in total. The Morgan fingerprint density at radius 2 is 1.52 bits per heavy atom. The SMILES string of the molecule is O=C(Nc1nc(-c2ccc([N+](=O)[O-])cc2)c(-c2ccc(Cl)cc2)s1)c1ccccc1[N+](=O)[O-]. The third kappa shape index (κ3) is 4.71. The summed E-state index contributed by atoms with van der Waals surface area (Å²) in [6.07, 6.45) is 0. The first kappa shape index (κ1) is 22.1. The number of thiazole rings is 1. The Kier molecular flexibility index (Phi) is 6.11. The van der Waals surface area contributed by atoms with Crippen LogP contribution in [0.15, 0.2) is 72.8 Å². The van der Waals surface area contributed by atoms with E-state index in [0.717, 1.165) is 5.56 Å². The van der Waals surface area contributed by atoms with Gasteiger partial charge in [-0.2, -0.15) is 0 Å². The van der Waals surface area contributed by atoms with Crippen LogP contribution >= 0.6 is 22.9 Å². The predicted molar refractivity (Wildman–Crippen MR) is 126 cm³/mol. The van der Waals surface area contributed by atoms with E-state index < -0.39 is 15.8 Å². The third-order valence-electron chi connectivity index (χ3n) is 4.65. The summed E-state index contributed by atoms with van der Waals surface area (Å²) >= 11 is 7.17. The number of nitrogens with one attached hydrogen (secondary N) is 1. The van der Waals surface area contributed by atoms with Crippen molar-refractivity contribution in [2.75, 3.05) is 5.32 Å². The van der Waals surface area contributed by atoms with Crippen molar-refractivity contribution in [3.05, 3.63) is 104 Å². The van der Waals surface area contributed by atoms with Crippen LogP contribution in [-0.4, -0.2) is 20.7 Å². The highest BCUT2D eigenvalue weighted by atomic mass is 35.5. The maximum atomic E-state index is 12.8. The average molecular weight is 481 g/mol. The molecule has 0 fully saturated rings. The number of hydrogen-bond donors (Lipinski definition) is 1. The summed E-state index contributed by atoms with van der Waals surface area (Å²) in [7, 11) is 0. The number of non-ortho nitro benzene ring substituents is 1. The van der Waals surface area contributed by atoms with Gasteiger partial charge in [0, 0.05) is 28.8 Å². The molecule has 3 aromatic carbocycles. The van der Waals surface area contributed by atoms with Crippen molar-refractivity contribution in [1.82, 2.24) is 4.98 Å². The molecule has 0 aliphatic heterocycles. The number of anilines is 1. The first-order valence-corrected chi connectivity index (χ1v) is 10.6. The summed E-state index contributed by atoms with van der Waals surface area (Å²) in [5.41, 5.74) is 1.40. The standard InChI is InChI=1S/C22H13ClN4O5S/c23-15-9-5-14(6-10-15)20-19(13-7-11-16(12-8-13)26(29)30)24-22(33-20)25-21(28)17-3-1-2-4-18(17)27(31)32/h1-12H,(H,24,25,28). The van der Waals surface area contributed by atoms with Crippen LogP contribution in [0.4, 0.5) is 16.5 Å². The summed E-state index contributed by atoms with van der Waals surface area (Å²) in [5.74, 6) is -0.672. The fourth-order valence-electron chi connectivity index (χ4n) is 3.10. The number of rotatable bonds is 6. The first-order chi connectivity index (χ1) is 15.8. The molecule has 0 saturated heterocycles. The Balaban J connectivity index is 1.75. The second-order valence-corrected chi connectivity index (χ2v) is 8.17. The molecule has 4 aromatic rings. The number of hydrogen-bond acceptors (Lipinski definition) is 7. The highest BCUT2D eigenvalue weighted by Gasteiger charge is 2.22. The highest BCUT2D eigenvalue weighted by molar-refractivity contribution is 7.19. The van der Waals surface area contributed by atoms with E-state index >= 15 is 0 Å². The zero-order valence-electron chi connectivity index (χ0n) is 16.6. The number of nitro benzene ring substituents is 2. The van der Waals surface area contributed by atoms with Gasteiger partial charge in [-0.3, -0.25) is 30.3 Å². The van der Waals surface area contributed by atoms with Crippen LogP contribution in [0, 0.1) is 20.2 Å². The van der Waals surface area contributed by atoms with Crippen molar-refractivity contribution in [3.8, 4) is 21.7 Å². The van der Waals surface area contributed by atoms with Gasteiger partial charge >= 0.3 is 0 Å². The van der Waals surface area contributed by atoms with E-state index in [9.17, 15) is 25.0 Å². The van der Waals surface area contributed by atoms with Gasteiger partial charge in [0.15, 0.2) is 5.13 Å². The van der Waals surface area contributed by atoms with Gasteiger partial charge in [-0.1, -0.05) is 47.2 Å². The van der Waals surface area contributed by atoms with Crippen LogP contribution in [0.3, 0.4) is 0 Å². The van der Waals surface area contributed by atoms with Gasteiger partial charge in [0.25, 0.3) is 17.3 Å². The predicted octanol–water partition coefficient (Wildman–Crippen LogP) is 6.20. The molecule has 0 bridgehead atoms. The van der Waals surface area contributed by atoms with Crippen LogP contribution in [0.25, 0.3) is 21.7 Å². The molecular weight excluding hydrogens is 468 g/mol. The minimum atomic E-state index is -0.672. The summed E-state index contributed by atoms with van der Waals surface area (Å²) in [5, 5.41) is 25.6. The summed E-state index contributed by atoms with van der Waals surface area (Å²) < 4.78 is 0. The maximum absolute atomic E-state index is 12.8. The average Bonchev–Trinajstić information content (AvgIpc) is 3.23. The van der Waals surface area contributed by atoms with Gasteiger partial charge in [-0.15, -0.1) is 0 Å². The van der Waals surface area contributed by atoms with Gasteiger partial charge in [0.1, 0.15) is 5.56 Å². The van der Waals surface area contributed by atoms with Crippen LogP contribution < -0.4 is 5.32 Å². The number of carbonyl (C=O) groups is 1. The largest absolute Gasteiger partial charge is 0.298 e. The number of nitrogens with zero attached hydrogens (tertiary/aromatic N) is 3. The van der Waals surface area contributed by atoms with Crippen LogP contribution in [-0.2, 0) is 0 Å². The number of carbonyl (C=O) groups excluding carboxylic acids is 1. The summed E-state index contributed by atoms with van der Waals surface area (Å²) in [6, 6.07) is 18.5. The van der Waals surface area contributed by atoms with Crippen molar-refractivity contribution in [3.63, 3.8) is 0 Å². The topological polar surface area (TPSA) is 128 Å². The molecule has 4 rings (SSSR count). The normalized spacial score (nSPS) is 10.6. The number of nitro groups is 2. The molecule has 33 heavy (non-hydrogen) atoms. The lowest BCUT2D eigenvalue weighted by Gasteiger charge is -2.03. The van der Waals surface area contributed by atoms with Crippen LogP contribution in [0.2, 0.25) is 5.02 Å². The molecule has 9 nitrogen and oxygen atoms in total. The lowest BCUT2D eigenvalue weighted by atomic mass is 10.1. The van der Waals surface area contributed by atoms with Crippen molar-refractivity contribution in [2.24, 2.45) is 0 Å². The smallest absolute Gasteiger partial charge is 0.282 e. The third-order valence-corrected chi connectivity index (χ3v) is 5.92. The first-order valence-electron chi connectivity index (χ1n) is 9.40. The summed E-state index contributed by atoms with van der Waals surface area (Å²) in [6.45, 7) is 0. The molecule has 11 heteroatoms. The number of halogens is 1. The molecule has 164 valence electrons. The molecule has 1 heterocycles. The Labute approximate surface area is 195 Å². The van der Waals surface area contributed by atoms with E-state index in [1.165, 1.54) is 47.7 Å². The van der Waals surface area contributed by atoms with Crippen molar-refractivity contribution in [1.29, 1.82) is 0 Å². The number of aromatic nitrogens is 1. The fraction of sp³-hybridized carbons (Fsp3) is 0. The van der Waals surface area contributed by atoms with E-state index in [1.54, 1.807) is 36.4 Å². The Hall–Kier alpha value is -4.15. The molecule has 0 atom stereocenters. The van der Waals surface area contributed by atoms with E-state index in [0.29, 0.717) is 21.2 Å². The lowest BCUT2D eigenvalue weighted by molar-refractivity contribution is -0.385. The summed E-state index contributed by atoms with van der Waals surface area (Å²) in [4.78, 5) is 39.1. The second kappa shape index (κ2) is 9.15. The zero-order valence-corrected chi connectivity index (χ0v) is 18.2. The van der Waals surface area contributed by atoms with E-state index in [2.05, 4.69) is 10.3 Å². The second-order valence-electron chi connectivity index (χ2n) is 6.74. The highest BCUT2D eigenvalue weighted by Crippen LogP contribution is 2.40. The molecule has 1 aromatic heterocycles. The zero-order chi connectivity index (χ0) is 23.5. The van der Waals surface area contributed by atoms with Crippen molar-refractivity contribution < 1.29 is 14.6 Å². The van der Waals surface area contributed by atoms with Gasteiger partial charge in [0.2, 0.25) is 0 Å². The Morgan fingerprint density at radius 3 is 2.15 bits per heavy atom. The molecule has 0 unspecified atom stereocenters. The van der Waals surface area contributed by atoms with Gasteiger partial charge in [0.05, 0.1) is 20.4 Å². The van der Waals surface area contributed by atoms with Crippen molar-refractivity contribution in [2.45, 2.75) is 0 Å². The van der Waals surface area contributed by atoms with E-state index in [-0.39, 0.29) is 22.1 Å². The minimum absolute atomic E-state index is 0.0630. The lowest BCUT2D eigenvalue weighted by Crippen LogP contribution is -2.13. The van der Waals surface area contributed by atoms with Crippen LogP contribution in [0.1, 0.15) is 10.4 Å². The number of amides is 1. The van der Waals surface area contributed by atoms with Gasteiger partial charge in [-0.05, 0) is 35.9 Å². The number of benzene rings is 3. The molecular formula is C22H13ClN4O5S. The molecule has 0 radical (unpaired) electrons. The number of para-hydroxylation sites is 1. The molecule has 0 aliphatic rings. The molecule has 1 amide bonds. The molecule has 0 spiro atoms. The van der Waals surface area contributed by atoms with Gasteiger partial charge in [-0.25, -0.2) is 4.98 Å². The minimum Gasteiger partial charge on any atom is -0.298 e. The van der Waals surface area contributed by atoms with Crippen LogP contribution in [0.5, 0.6) is 0 Å². The quantitative estimate of drug-likeness (QED) is 0.258. The van der Waals surface area contributed by atoms with E-state index in [4.69, 9.17) is 11.6 Å².